The van der Waals surface area contributed by atoms with Crippen molar-refractivity contribution in [3.63, 3.8) is 0 Å². The second kappa shape index (κ2) is 5.23. The number of carbonyl (C=O) groups excluding carboxylic acids is 3. The van der Waals surface area contributed by atoms with Gasteiger partial charge in [0.1, 0.15) is 6.10 Å². The minimum Gasteiger partial charge on any atom is -0.462 e. The molecule has 7 heteroatoms. The van der Waals surface area contributed by atoms with Gasteiger partial charge >= 0.3 is 5.97 Å². The van der Waals surface area contributed by atoms with E-state index in [4.69, 9.17) is 16.3 Å². The summed E-state index contributed by atoms with van der Waals surface area (Å²) >= 11 is 5.77. The molecule has 1 aromatic carbocycles. The zero-order valence-electron chi connectivity index (χ0n) is 12.1. The first-order valence-corrected chi connectivity index (χ1v) is 7.98. The molecule has 120 valence electrons. The van der Waals surface area contributed by atoms with Crippen molar-refractivity contribution >= 4 is 29.4 Å². The fourth-order valence-electron chi connectivity index (χ4n) is 4.24. The molecule has 5 atom stereocenters. The predicted molar refractivity (Wildman–Crippen MR) is 80.1 cm³/mol. The zero-order valence-corrected chi connectivity index (χ0v) is 12.9. The molecule has 23 heavy (non-hydrogen) atoms. The normalized spacial score (nSPS) is 33.4. The first-order valence-electron chi connectivity index (χ1n) is 7.61. The van der Waals surface area contributed by atoms with E-state index in [1.165, 1.54) is 0 Å². The van der Waals surface area contributed by atoms with Crippen LogP contribution in [0.2, 0.25) is 5.02 Å². The third kappa shape index (κ3) is 2.28. The molecule has 2 amide bonds. The van der Waals surface area contributed by atoms with Crippen molar-refractivity contribution in [3.8, 4) is 0 Å². The number of nitrogens with one attached hydrogen (secondary N) is 2. The molecule has 0 aromatic heterocycles. The lowest BCUT2D eigenvalue weighted by Gasteiger charge is -2.23. The molecular weight excluding hydrogens is 320 g/mol. The van der Waals surface area contributed by atoms with Gasteiger partial charge in [-0.15, -0.1) is 0 Å². The Bertz CT molecular complexity index is 688. The molecule has 0 unspecified atom stereocenters. The molecule has 1 aliphatic heterocycles. The first kappa shape index (κ1) is 14.5. The Morgan fingerprint density at radius 1 is 1.13 bits per heavy atom. The Hall–Kier alpha value is -2.08. The van der Waals surface area contributed by atoms with Crippen molar-refractivity contribution in [2.24, 2.45) is 23.7 Å². The molecule has 0 radical (unpaired) electrons. The number of amides is 2. The third-order valence-electron chi connectivity index (χ3n) is 5.19. The molecule has 4 rings (SSSR count). The molecule has 1 saturated heterocycles. The molecule has 2 saturated carbocycles. The Kier molecular flexibility index (Phi) is 3.30. The summed E-state index contributed by atoms with van der Waals surface area (Å²) in [6, 6.07) is 6.34. The largest absolute Gasteiger partial charge is 0.462 e. The van der Waals surface area contributed by atoms with Gasteiger partial charge in [-0.2, -0.15) is 0 Å². The molecule has 3 fully saturated rings. The summed E-state index contributed by atoms with van der Waals surface area (Å²) in [4.78, 5) is 36.3. The highest BCUT2D eigenvalue weighted by atomic mass is 35.5. The Morgan fingerprint density at radius 3 is 2.61 bits per heavy atom. The van der Waals surface area contributed by atoms with Crippen molar-refractivity contribution in [1.29, 1.82) is 0 Å². The Balaban J connectivity index is 1.40. The molecule has 1 aromatic rings. The lowest BCUT2D eigenvalue weighted by atomic mass is 9.79. The highest BCUT2D eigenvalue weighted by Crippen LogP contribution is 2.57. The summed E-state index contributed by atoms with van der Waals surface area (Å²) in [5.41, 5.74) is 5.23. The van der Waals surface area contributed by atoms with E-state index < -0.39 is 11.8 Å². The fourth-order valence-corrected chi connectivity index (χ4v) is 4.36. The number of hydrazine groups is 1. The number of rotatable bonds is 2. The lowest BCUT2D eigenvalue weighted by Crippen LogP contribution is -2.48. The maximum atomic E-state index is 12.4. The van der Waals surface area contributed by atoms with Gasteiger partial charge < -0.3 is 4.74 Å². The maximum absolute atomic E-state index is 12.4. The minimum absolute atomic E-state index is 0.00907. The molecule has 6 nitrogen and oxygen atoms in total. The van der Waals surface area contributed by atoms with Gasteiger partial charge in [0.2, 0.25) is 5.91 Å². The van der Waals surface area contributed by atoms with Crippen LogP contribution in [0, 0.1) is 23.7 Å². The summed E-state index contributed by atoms with van der Waals surface area (Å²) in [5, 5.41) is 0.530. The van der Waals surface area contributed by atoms with Crippen LogP contribution in [-0.4, -0.2) is 23.9 Å². The number of benzene rings is 1. The Labute approximate surface area is 137 Å². The number of hydrogen-bond donors (Lipinski definition) is 2. The van der Waals surface area contributed by atoms with Crippen LogP contribution in [0.25, 0.3) is 0 Å². The second-order valence-electron chi connectivity index (χ2n) is 6.37. The van der Waals surface area contributed by atoms with E-state index in [0.29, 0.717) is 10.6 Å². The fraction of sp³-hybridized carbons (Fsp3) is 0.438. The van der Waals surface area contributed by atoms with Gasteiger partial charge in [-0.05, 0) is 43.0 Å². The van der Waals surface area contributed by atoms with Crippen LogP contribution in [0.15, 0.2) is 24.3 Å². The van der Waals surface area contributed by atoms with E-state index >= 15 is 0 Å². The van der Waals surface area contributed by atoms with Crippen LogP contribution >= 0.6 is 11.6 Å². The third-order valence-corrected chi connectivity index (χ3v) is 5.44. The van der Waals surface area contributed by atoms with Crippen molar-refractivity contribution in [3.05, 3.63) is 34.9 Å². The molecule has 2 bridgehead atoms. The summed E-state index contributed by atoms with van der Waals surface area (Å²) in [5.74, 6) is -1.46. The molecule has 2 aliphatic carbocycles. The van der Waals surface area contributed by atoms with Gasteiger partial charge in [-0.3, -0.25) is 25.2 Å². The van der Waals surface area contributed by atoms with Crippen LogP contribution < -0.4 is 10.9 Å². The van der Waals surface area contributed by atoms with Crippen molar-refractivity contribution in [2.45, 2.75) is 18.9 Å². The average molecular weight is 335 g/mol. The van der Waals surface area contributed by atoms with Crippen LogP contribution in [-0.2, 0) is 14.3 Å². The van der Waals surface area contributed by atoms with Gasteiger partial charge in [0.15, 0.2) is 0 Å². The van der Waals surface area contributed by atoms with Crippen LogP contribution in [0.5, 0.6) is 0 Å². The van der Waals surface area contributed by atoms with E-state index in [0.717, 1.165) is 12.8 Å². The zero-order chi connectivity index (χ0) is 16.1. The second-order valence-corrected chi connectivity index (χ2v) is 6.81. The summed E-state index contributed by atoms with van der Waals surface area (Å²) < 4.78 is 5.31. The summed E-state index contributed by atoms with van der Waals surface area (Å²) in [7, 11) is 0. The topological polar surface area (TPSA) is 84.5 Å². The number of fused-ring (bicyclic) bond motifs is 1. The molecule has 3 aliphatic rings. The number of esters is 1. The predicted octanol–water partition coefficient (Wildman–Crippen LogP) is 1.30. The number of halogens is 1. The standard InChI is InChI=1S/C16H15ClN2O4/c17-9-3-1-7(2-4-9)14(20)18-19-15(21)12-8-5-10-11(6-8)23-16(22)13(10)12/h1-4,8,10-13H,5-6H2,(H,18,20)(H,19,21)/t8-,10+,11+,12-,13-/m1/s1. The number of hydrogen-bond acceptors (Lipinski definition) is 4. The van der Waals surface area contributed by atoms with Gasteiger partial charge in [0.25, 0.3) is 5.91 Å². The van der Waals surface area contributed by atoms with E-state index in [-0.39, 0.29) is 35.7 Å². The smallest absolute Gasteiger partial charge is 0.310 e. The Morgan fingerprint density at radius 2 is 1.87 bits per heavy atom. The van der Waals surface area contributed by atoms with E-state index in [1.807, 2.05) is 0 Å². The van der Waals surface area contributed by atoms with Crippen molar-refractivity contribution in [2.75, 3.05) is 0 Å². The lowest BCUT2D eigenvalue weighted by molar-refractivity contribution is -0.146. The first-order chi connectivity index (χ1) is 11.0. The van der Waals surface area contributed by atoms with Gasteiger partial charge in [0, 0.05) is 16.5 Å². The van der Waals surface area contributed by atoms with E-state index in [2.05, 4.69) is 10.9 Å². The van der Waals surface area contributed by atoms with Crippen molar-refractivity contribution < 1.29 is 19.1 Å². The number of carbonyl (C=O) groups is 3. The van der Waals surface area contributed by atoms with Gasteiger partial charge in [0.05, 0.1) is 11.8 Å². The van der Waals surface area contributed by atoms with Crippen LogP contribution in [0.3, 0.4) is 0 Å². The monoisotopic (exact) mass is 334 g/mol. The molecule has 1 heterocycles. The summed E-state index contributed by atoms with van der Waals surface area (Å²) in [6.45, 7) is 0. The van der Waals surface area contributed by atoms with Crippen molar-refractivity contribution in [1.82, 2.24) is 10.9 Å². The average Bonchev–Trinajstić information content (AvgIpc) is 3.14. The highest BCUT2D eigenvalue weighted by Gasteiger charge is 2.63. The molecule has 2 N–H and O–H groups in total. The van der Waals surface area contributed by atoms with Crippen LogP contribution in [0.1, 0.15) is 23.2 Å². The highest BCUT2D eigenvalue weighted by molar-refractivity contribution is 6.30. The van der Waals surface area contributed by atoms with Gasteiger partial charge in [-0.1, -0.05) is 11.6 Å². The number of ether oxygens (including phenoxy) is 1. The molecule has 0 spiro atoms. The van der Waals surface area contributed by atoms with Gasteiger partial charge in [-0.25, -0.2) is 0 Å². The molecular formula is C16H15ClN2O4. The minimum atomic E-state index is -0.426. The SMILES string of the molecule is O=C(NNC(=O)[C@@H]1[C@@H]2C[C@@H]3[C@H]1C(=O)O[C@H]3C2)c1ccc(Cl)cc1. The quantitative estimate of drug-likeness (QED) is 0.630. The maximum Gasteiger partial charge on any atom is 0.310 e. The van der Waals surface area contributed by atoms with E-state index in [1.54, 1.807) is 24.3 Å². The van der Waals surface area contributed by atoms with E-state index in [9.17, 15) is 14.4 Å². The summed E-state index contributed by atoms with van der Waals surface area (Å²) in [6.07, 6.45) is 1.59. The van der Waals surface area contributed by atoms with Crippen LogP contribution in [0.4, 0.5) is 0 Å².